The van der Waals surface area contributed by atoms with Crippen molar-refractivity contribution in [3.8, 4) is 0 Å². The molecule has 0 bridgehead atoms. The molecule has 2 heterocycles. The van der Waals surface area contributed by atoms with Crippen LogP contribution in [0.3, 0.4) is 0 Å². The second-order valence-corrected chi connectivity index (χ2v) is 4.38. The van der Waals surface area contributed by atoms with Gasteiger partial charge in [-0.1, -0.05) is 5.43 Å². The van der Waals surface area contributed by atoms with E-state index in [1.807, 2.05) is 19.9 Å². The van der Waals surface area contributed by atoms with Crippen LogP contribution in [-0.4, -0.2) is 20.0 Å². The molecule has 0 aliphatic carbocycles. The molecular formula is C12H13N5O3. The number of hydrazine groups is 1. The van der Waals surface area contributed by atoms with Crippen molar-refractivity contribution in [1.29, 1.82) is 0 Å². The van der Waals surface area contributed by atoms with Crippen LogP contribution in [0.4, 0.5) is 5.95 Å². The number of rotatable bonds is 4. The Bertz CT molecular complexity index is 710. The fraction of sp³-hybridized carbons (Fsp3) is 0.250. The van der Waals surface area contributed by atoms with Gasteiger partial charge in [-0.2, -0.15) is 0 Å². The molecule has 104 valence electrons. The van der Waals surface area contributed by atoms with E-state index in [1.54, 1.807) is 11.6 Å². The third-order valence-electron chi connectivity index (χ3n) is 2.81. The Morgan fingerprint density at radius 3 is 2.60 bits per heavy atom. The lowest BCUT2D eigenvalue weighted by Gasteiger charge is -2.06. The maximum absolute atomic E-state index is 11.8. The summed E-state index contributed by atoms with van der Waals surface area (Å²) >= 11 is 0. The molecule has 0 aliphatic rings. The van der Waals surface area contributed by atoms with E-state index in [0.29, 0.717) is 12.0 Å². The van der Waals surface area contributed by atoms with Gasteiger partial charge in [-0.05, 0) is 31.0 Å². The van der Waals surface area contributed by atoms with Gasteiger partial charge in [0, 0.05) is 30.1 Å². The molecule has 8 nitrogen and oxygen atoms in total. The zero-order chi connectivity index (χ0) is 14.7. The number of anilines is 1. The Morgan fingerprint density at radius 2 is 2.00 bits per heavy atom. The van der Waals surface area contributed by atoms with Crippen LogP contribution in [0.25, 0.3) is 0 Å². The van der Waals surface area contributed by atoms with E-state index in [-0.39, 0.29) is 5.95 Å². The molecule has 0 saturated carbocycles. The number of aromatic nitrogens is 3. The topological polar surface area (TPSA) is 114 Å². The molecule has 0 saturated heterocycles. The highest BCUT2D eigenvalue weighted by Gasteiger charge is 2.08. The van der Waals surface area contributed by atoms with Crippen LogP contribution in [0.2, 0.25) is 0 Å². The smallest absolute Gasteiger partial charge is 0.265 e. The minimum Gasteiger partial charge on any atom is -0.288 e. The maximum atomic E-state index is 11.8. The Morgan fingerprint density at radius 1 is 1.30 bits per heavy atom. The van der Waals surface area contributed by atoms with E-state index in [2.05, 4.69) is 15.0 Å². The van der Waals surface area contributed by atoms with Crippen LogP contribution in [-0.2, 0) is 6.42 Å². The number of nitro groups is 1. The first-order chi connectivity index (χ1) is 9.45. The second-order valence-electron chi connectivity index (χ2n) is 4.38. The van der Waals surface area contributed by atoms with E-state index in [1.165, 1.54) is 6.20 Å². The first kappa shape index (κ1) is 13.7. The van der Waals surface area contributed by atoms with Gasteiger partial charge in [-0.3, -0.25) is 14.8 Å². The number of hydrogen-bond acceptors (Lipinski definition) is 5. The third kappa shape index (κ3) is 3.16. The van der Waals surface area contributed by atoms with E-state index < -0.39 is 10.6 Å². The van der Waals surface area contributed by atoms with E-state index in [0.717, 1.165) is 16.8 Å². The summed E-state index contributed by atoms with van der Waals surface area (Å²) in [4.78, 5) is 32.4. The number of nitrogens with zero attached hydrogens (tertiary/aromatic N) is 3. The van der Waals surface area contributed by atoms with Crippen molar-refractivity contribution in [1.82, 2.24) is 15.0 Å². The van der Waals surface area contributed by atoms with Gasteiger partial charge in [0.05, 0.1) is 0 Å². The molecule has 2 N–H and O–H groups in total. The number of H-pyrrole nitrogens is 1. The molecule has 0 amide bonds. The molecule has 0 fully saturated rings. The zero-order valence-corrected chi connectivity index (χ0v) is 11.0. The summed E-state index contributed by atoms with van der Waals surface area (Å²) in [5.41, 5.74) is 4.66. The van der Waals surface area contributed by atoms with Gasteiger partial charge in [0.2, 0.25) is 0 Å². The number of aromatic amines is 1. The van der Waals surface area contributed by atoms with Gasteiger partial charge in [0.1, 0.15) is 0 Å². The molecule has 0 radical (unpaired) electrons. The minimum atomic E-state index is -0.786. The Balaban J connectivity index is 2.26. The highest BCUT2D eigenvalue weighted by Crippen LogP contribution is 2.11. The van der Waals surface area contributed by atoms with Crippen molar-refractivity contribution >= 4 is 5.95 Å². The van der Waals surface area contributed by atoms with E-state index in [9.17, 15) is 14.9 Å². The van der Waals surface area contributed by atoms with Crippen molar-refractivity contribution in [3.63, 3.8) is 0 Å². The predicted molar refractivity (Wildman–Crippen MR) is 72.0 cm³/mol. The van der Waals surface area contributed by atoms with Gasteiger partial charge >= 0.3 is 0 Å². The average molecular weight is 275 g/mol. The van der Waals surface area contributed by atoms with Crippen molar-refractivity contribution in [2.24, 2.45) is 0 Å². The van der Waals surface area contributed by atoms with Gasteiger partial charge < -0.3 is 0 Å². The van der Waals surface area contributed by atoms with Crippen LogP contribution < -0.4 is 11.0 Å². The Kier molecular flexibility index (Phi) is 3.74. The first-order valence-electron chi connectivity index (χ1n) is 5.87. The molecule has 20 heavy (non-hydrogen) atoms. The summed E-state index contributed by atoms with van der Waals surface area (Å²) in [6.07, 6.45) is 3.41. The monoisotopic (exact) mass is 275 g/mol. The van der Waals surface area contributed by atoms with Crippen molar-refractivity contribution in [2.45, 2.75) is 20.3 Å². The Hall–Kier alpha value is -2.77. The summed E-state index contributed by atoms with van der Waals surface area (Å²) < 4.78 is 0. The standard InChI is InChI=1S/C12H13N5O3/c1-7-3-8(2)13-5-9(7)4-10-6-14-12(15-11(10)18)16-17(19)20/h3,5-6H,4H2,1-2H3,(H2,14,15,16,18). The van der Waals surface area contributed by atoms with E-state index in [4.69, 9.17) is 0 Å². The van der Waals surface area contributed by atoms with Crippen molar-refractivity contribution in [2.75, 3.05) is 5.43 Å². The SMILES string of the molecule is Cc1cc(C)c(Cc2cnc(N[N+](=O)[O-])[nH]c2=O)cn1. The van der Waals surface area contributed by atoms with E-state index >= 15 is 0 Å². The molecule has 8 heteroatoms. The molecule has 0 aliphatic heterocycles. The lowest BCUT2D eigenvalue weighted by Crippen LogP contribution is -2.19. The highest BCUT2D eigenvalue weighted by molar-refractivity contribution is 5.31. The summed E-state index contributed by atoms with van der Waals surface area (Å²) in [5.74, 6) is -0.192. The van der Waals surface area contributed by atoms with Gasteiger partial charge in [0.25, 0.3) is 11.5 Å². The molecule has 0 spiro atoms. The second kappa shape index (κ2) is 5.47. The molecule has 2 aromatic heterocycles. The van der Waals surface area contributed by atoms with Crippen LogP contribution in [0.15, 0.2) is 23.3 Å². The zero-order valence-electron chi connectivity index (χ0n) is 11.0. The fourth-order valence-corrected chi connectivity index (χ4v) is 1.81. The van der Waals surface area contributed by atoms with Crippen LogP contribution >= 0.6 is 0 Å². The van der Waals surface area contributed by atoms with Crippen LogP contribution in [0.5, 0.6) is 0 Å². The fourth-order valence-electron chi connectivity index (χ4n) is 1.81. The largest absolute Gasteiger partial charge is 0.288 e. The van der Waals surface area contributed by atoms with Crippen molar-refractivity contribution in [3.05, 3.63) is 61.3 Å². The van der Waals surface area contributed by atoms with Crippen LogP contribution in [0.1, 0.15) is 22.4 Å². The maximum Gasteiger partial charge on any atom is 0.265 e. The lowest BCUT2D eigenvalue weighted by atomic mass is 10.0. The summed E-state index contributed by atoms with van der Waals surface area (Å²) in [7, 11) is 0. The van der Waals surface area contributed by atoms with Crippen molar-refractivity contribution < 1.29 is 5.03 Å². The lowest BCUT2D eigenvalue weighted by molar-refractivity contribution is -0.446. The third-order valence-corrected chi connectivity index (χ3v) is 2.81. The highest BCUT2D eigenvalue weighted by atomic mass is 16.7. The number of nitrogens with one attached hydrogen (secondary N) is 2. The minimum absolute atomic E-state index is 0.192. The van der Waals surface area contributed by atoms with Gasteiger partial charge in [-0.15, -0.1) is 0 Å². The molecular weight excluding hydrogens is 262 g/mol. The molecule has 2 rings (SSSR count). The molecule has 2 aromatic rings. The van der Waals surface area contributed by atoms with Crippen LogP contribution in [0, 0.1) is 24.0 Å². The summed E-state index contributed by atoms with van der Waals surface area (Å²) in [6, 6.07) is 1.93. The number of aryl methyl sites for hydroxylation is 2. The molecule has 0 atom stereocenters. The van der Waals surface area contributed by atoms with Gasteiger partial charge in [-0.25, -0.2) is 15.1 Å². The number of pyridine rings is 1. The quantitative estimate of drug-likeness (QED) is 0.635. The van der Waals surface area contributed by atoms with Gasteiger partial charge in [0.15, 0.2) is 5.03 Å². The summed E-state index contributed by atoms with van der Waals surface area (Å²) in [5, 5.41) is 9.47. The molecule has 0 aromatic carbocycles. The Labute approximate surface area is 114 Å². The number of hydrogen-bond donors (Lipinski definition) is 2. The summed E-state index contributed by atoms with van der Waals surface area (Å²) in [6.45, 7) is 3.83. The predicted octanol–water partition coefficient (Wildman–Crippen LogP) is 0.976. The normalized spacial score (nSPS) is 10.3. The molecule has 0 unspecified atom stereocenters. The first-order valence-corrected chi connectivity index (χ1v) is 5.87. The average Bonchev–Trinajstić information content (AvgIpc) is 2.34.